The van der Waals surface area contributed by atoms with E-state index in [0.717, 1.165) is 54.1 Å². The van der Waals surface area contributed by atoms with Crippen LogP contribution in [0, 0.1) is 0 Å². The van der Waals surface area contributed by atoms with E-state index in [4.69, 9.17) is 0 Å². The van der Waals surface area contributed by atoms with Gasteiger partial charge in [0.2, 0.25) is 23.7 Å². The summed E-state index contributed by atoms with van der Waals surface area (Å²) < 4.78 is 9.25. The Balaban J connectivity index is 0.000000953. The fraction of sp³-hybridized carbons (Fsp3) is 0.341. The summed E-state index contributed by atoms with van der Waals surface area (Å²) >= 11 is 0. The first-order valence-electron chi connectivity index (χ1n) is 20.3. The predicted octanol–water partition coefficient (Wildman–Crippen LogP) is 4.90. The second-order valence-electron chi connectivity index (χ2n) is 14.4. The highest BCUT2D eigenvalue weighted by molar-refractivity contribution is 5.97. The van der Waals surface area contributed by atoms with Crippen molar-refractivity contribution >= 4 is 41.5 Å². The van der Waals surface area contributed by atoms with Gasteiger partial charge in [-0.25, -0.2) is 19.6 Å². The number of likely N-dealkylation sites (tertiary alicyclic amines) is 1. The van der Waals surface area contributed by atoms with Crippen molar-refractivity contribution in [3.8, 4) is 11.3 Å². The highest BCUT2D eigenvalue weighted by atomic mass is 16.5. The first-order chi connectivity index (χ1) is 29.7. The molecule has 5 amide bonds. The van der Waals surface area contributed by atoms with Crippen LogP contribution in [-0.4, -0.2) is 108 Å². The number of rotatable bonds is 14. The monoisotopic (exact) mass is 832 g/mol. The molecule has 7 rings (SSSR count). The molecule has 17 nitrogen and oxygen atoms in total. The minimum atomic E-state index is -0.856. The highest BCUT2D eigenvalue weighted by Gasteiger charge is 2.33. The van der Waals surface area contributed by atoms with Gasteiger partial charge in [0.15, 0.2) is 0 Å². The lowest BCUT2D eigenvalue weighted by Gasteiger charge is -2.34. The average Bonchev–Trinajstić information content (AvgIpc) is 4.10. The van der Waals surface area contributed by atoms with Crippen LogP contribution >= 0.6 is 0 Å². The molecule has 2 aliphatic heterocycles. The number of aromatic nitrogens is 4. The molecule has 5 N–H and O–H groups in total. The molecular weight excluding hydrogens is 781 g/mol. The molecule has 0 spiro atoms. The van der Waals surface area contributed by atoms with Gasteiger partial charge in [0.1, 0.15) is 25.0 Å². The number of nitrogens with one attached hydrogen (secondary N) is 5. The number of anilines is 2. The molecule has 3 aromatic carbocycles. The van der Waals surface area contributed by atoms with E-state index < -0.39 is 18.2 Å². The molecule has 320 valence electrons. The number of carbonyl (C=O) groups is 5. The van der Waals surface area contributed by atoms with Crippen LogP contribution in [0.3, 0.4) is 0 Å². The van der Waals surface area contributed by atoms with Crippen molar-refractivity contribution in [2.75, 3.05) is 63.3 Å². The average molecular weight is 833 g/mol. The third-order valence-corrected chi connectivity index (χ3v) is 10.4. The van der Waals surface area contributed by atoms with Gasteiger partial charge in [0.05, 0.1) is 44.0 Å². The summed E-state index contributed by atoms with van der Waals surface area (Å²) in [5.74, 6) is 0.836. The van der Waals surface area contributed by atoms with Crippen LogP contribution in [0.15, 0.2) is 103 Å². The van der Waals surface area contributed by atoms with E-state index in [-0.39, 0.29) is 36.9 Å². The van der Waals surface area contributed by atoms with Gasteiger partial charge in [-0.05, 0) is 48.9 Å². The second-order valence-corrected chi connectivity index (χ2v) is 14.4. The molecule has 0 radical (unpaired) electrons. The number of H-pyrrole nitrogens is 2. The fourth-order valence-electron chi connectivity index (χ4n) is 7.19. The summed E-state index contributed by atoms with van der Waals surface area (Å²) in [6.45, 7) is 2.07. The number of imidazole rings is 2. The van der Waals surface area contributed by atoms with E-state index in [2.05, 4.69) is 45.4 Å². The Morgan fingerprint density at radius 3 is 2.20 bits per heavy atom. The van der Waals surface area contributed by atoms with Gasteiger partial charge in [-0.2, -0.15) is 0 Å². The predicted molar refractivity (Wildman–Crippen MR) is 228 cm³/mol. The number of nitrogens with zero attached hydrogens (tertiary/aromatic N) is 5. The minimum Gasteiger partial charge on any atom is -0.453 e. The summed E-state index contributed by atoms with van der Waals surface area (Å²) in [5, 5.41) is 7.93. The number of methoxy groups -OCH3 is 2. The quantitative estimate of drug-likeness (QED) is 0.0958. The maximum atomic E-state index is 13.3. The number of alkyl carbamates (subject to hydrolysis) is 2. The van der Waals surface area contributed by atoms with Crippen LogP contribution in [0.25, 0.3) is 11.3 Å². The summed E-state index contributed by atoms with van der Waals surface area (Å²) in [6.07, 6.45) is 5.97. The smallest absolute Gasteiger partial charge is 0.407 e. The lowest BCUT2D eigenvalue weighted by atomic mass is 10.1. The van der Waals surface area contributed by atoms with E-state index in [1.807, 2.05) is 71.6 Å². The Kier molecular flexibility index (Phi) is 15.5. The molecule has 2 atom stereocenters. The lowest BCUT2D eigenvalue weighted by molar-refractivity contribution is -0.131. The van der Waals surface area contributed by atoms with Crippen LogP contribution in [0.5, 0.6) is 0 Å². The van der Waals surface area contributed by atoms with E-state index in [9.17, 15) is 24.0 Å². The number of aromatic amines is 2. The van der Waals surface area contributed by atoms with E-state index >= 15 is 0 Å². The van der Waals surface area contributed by atoms with E-state index in [1.165, 1.54) is 14.2 Å². The number of hydrogen-bond acceptors (Lipinski definition) is 10. The number of amides is 5. The van der Waals surface area contributed by atoms with Gasteiger partial charge in [0, 0.05) is 38.3 Å². The molecular formula is C44H52N10O7. The summed E-state index contributed by atoms with van der Waals surface area (Å²) in [5.41, 5.74) is 4.05. The van der Waals surface area contributed by atoms with Crippen molar-refractivity contribution in [3.63, 3.8) is 0 Å². The molecule has 0 saturated carbocycles. The van der Waals surface area contributed by atoms with Gasteiger partial charge < -0.3 is 50.1 Å². The molecule has 0 aliphatic carbocycles. The normalized spacial score (nSPS) is 15.3. The molecule has 5 aromatic rings. The van der Waals surface area contributed by atoms with Gasteiger partial charge >= 0.3 is 12.2 Å². The molecule has 0 bridgehead atoms. The van der Waals surface area contributed by atoms with Crippen molar-refractivity contribution in [3.05, 3.63) is 120 Å². The largest absolute Gasteiger partial charge is 0.453 e. The van der Waals surface area contributed by atoms with Crippen molar-refractivity contribution in [1.82, 2.24) is 40.8 Å². The number of ether oxygens (including phenoxy) is 2. The van der Waals surface area contributed by atoms with Gasteiger partial charge in [-0.1, -0.05) is 78.9 Å². The first-order valence-corrected chi connectivity index (χ1v) is 20.3. The molecule has 2 unspecified atom stereocenters. The number of aryl methyl sites for hydroxylation is 1. The Bertz CT molecular complexity index is 2170. The Morgan fingerprint density at radius 1 is 0.803 bits per heavy atom. The molecule has 2 saturated heterocycles. The van der Waals surface area contributed by atoms with Crippen LogP contribution < -0.4 is 25.8 Å². The maximum Gasteiger partial charge on any atom is 0.407 e. The number of unbranched alkanes of at least 4 members (excludes halogenated alkanes) is 1. The van der Waals surface area contributed by atoms with Gasteiger partial charge in [-0.15, -0.1) is 0 Å². The summed E-state index contributed by atoms with van der Waals surface area (Å²) in [7, 11) is 2.50. The maximum absolute atomic E-state index is 13.3. The molecule has 2 aliphatic rings. The van der Waals surface area contributed by atoms with Crippen LogP contribution in [0.1, 0.15) is 54.8 Å². The molecule has 61 heavy (non-hydrogen) atoms. The number of piperazine rings is 1. The van der Waals surface area contributed by atoms with Crippen molar-refractivity contribution in [2.45, 2.75) is 44.2 Å². The van der Waals surface area contributed by atoms with Crippen molar-refractivity contribution < 1.29 is 33.4 Å². The molecule has 17 heteroatoms. The number of hydrogen-bond donors (Lipinski definition) is 5. The van der Waals surface area contributed by atoms with Gasteiger partial charge in [0.25, 0.3) is 0 Å². The fourth-order valence-corrected chi connectivity index (χ4v) is 7.19. The minimum absolute atomic E-state index is 0.0566. The first kappa shape index (κ1) is 43.4. The number of carbonyl (C=O) groups excluding carboxylic acids is 5. The standard InChI is InChI=1S/C38H46N10O7.C6H6/c1-54-37(52)42-23-32(49)48-18-8-11-30(48)29-22-41-36(44-29)46-19-20-47(33(50)24-46)27-15-13-25(14-16-27)28-21-40-31(43-28)12-6-7-17-39-35(51)34(45-38(53)55-2)26-9-4-3-5-10-26;1-2-4-6-5-3-1/h3-5,9-10,13-16,21-22,30,34H,6-8,11-12,17-20,23-24H2,1-2H3,(H,39,51)(H,40,43)(H,41,44)(H,42,52)(H,45,53);1-6H. The topological polar surface area (TPSA) is 207 Å². The number of benzene rings is 3. The summed E-state index contributed by atoms with van der Waals surface area (Å²) in [6, 6.07) is 27.7. The van der Waals surface area contributed by atoms with Crippen molar-refractivity contribution in [2.24, 2.45) is 0 Å². The summed E-state index contributed by atoms with van der Waals surface area (Å²) in [4.78, 5) is 83.3. The van der Waals surface area contributed by atoms with E-state index in [0.29, 0.717) is 44.1 Å². The molecule has 2 fully saturated rings. The van der Waals surface area contributed by atoms with Crippen LogP contribution in [-0.2, 0) is 30.3 Å². The molecule has 4 heterocycles. The molecule has 2 aromatic heterocycles. The zero-order valence-electron chi connectivity index (χ0n) is 34.3. The Hall–Kier alpha value is -7.17. The van der Waals surface area contributed by atoms with E-state index in [1.54, 1.807) is 46.5 Å². The Labute approximate surface area is 354 Å². The van der Waals surface area contributed by atoms with Crippen LogP contribution in [0.4, 0.5) is 21.2 Å². The van der Waals surface area contributed by atoms with Crippen molar-refractivity contribution in [1.29, 1.82) is 0 Å². The van der Waals surface area contributed by atoms with Crippen LogP contribution in [0.2, 0.25) is 0 Å². The lowest BCUT2D eigenvalue weighted by Crippen LogP contribution is -2.51. The zero-order valence-corrected chi connectivity index (χ0v) is 34.3. The van der Waals surface area contributed by atoms with Gasteiger partial charge in [-0.3, -0.25) is 14.4 Å². The zero-order chi connectivity index (χ0) is 43.0. The third kappa shape index (κ3) is 12.0. The Morgan fingerprint density at radius 2 is 1.51 bits per heavy atom. The SMILES string of the molecule is COC(=O)NCC(=O)N1CCCC1c1cnc(N2CCN(c3ccc(-c4cnc(CCCCNC(=O)C(NC(=O)OC)c5ccccc5)[nH]4)cc3)C(=O)C2)[nH]1.c1ccccc1. The highest BCUT2D eigenvalue weighted by Crippen LogP contribution is 2.32. The second kappa shape index (κ2) is 21.7. The third-order valence-electron chi connectivity index (χ3n) is 10.4.